The minimum Gasteiger partial charge on any atom is -0.362 e. The summed E-state index contributed by atoms with van der Waals surface area (Å²) in [7, 11) is 0. The highest BCUT2D eigenvalue weighted by Crippen LogP contribution is 2.24. The van der Waals surface area contributed by atoms with Crippen LogP contribution in [-0.4, -0.2) is 33.8 Å². The van der Waals surface area contributed by atoms with E-state index in [1.165, 1.54) is 34.9 Å². The zero-order valence-electron chi connectivity index (χ0n) is 13.2. The minimum absolute atomic E-state index is 0.399. The Morgan fingerprint density at radius 2 is 1.61 bits per heavy atom. The maximum Gasteiger partial charge on any atom is 0.0691 e. The van der Waals surface area contributed by atoms with E-state index in [4.69, 9.17) is 4.99 Å². The van der Waals surface area contributed by atoms with Gasteiger partial charge in [0.15, 0.2) is 0 Å². The smallest absolute Gasteiger partial charge is 0.0691 e. The lowest BCUT2D eigenvalue weighted by Gasteiger charge is -2.18. The molecule has 0 radical (unpaired) electrons. The van der Waals surface area contributed by atoms with Crippen LogP contribution in [0.1, 0.15) is 35.6 Å². The predicted molar refractivity (Wildman–Crippen MR) is 92.1 cm³/mol. The summed E-state index contributed by atoms with van der Waals surface area (Å²) in [6.45, 7) is 0. The molecule has 3 aliphatic heterocycles. The molecule has 0 aliphatic carbocycles. The normalized spacial score (nSPS) is 29.2. The van der Waals surface area contributed by atoms with E-state index < -0.39 is 0 Å². The standard InChI is InChI=1S/C19H22N4/c1-3-14-10-16-5-7-18(22-16)19-8-6-17(23-19)11-15-4-2-13(21-15)9-12(1)20-14/h1-5,7,16,18-22H,6,8-11H2. The van der Waals surface area contributed by atoms with Crippen LogP contribution in [0.4, 0.5) is 0 Å². The molecule has 3 N–H and O–H groups in total. The van der Waals surface area contributed by atoms with Crippen molar-refractivity contribution in [2.45, 2.75) is 50.2 Å². The molecule has 3 atom stereocenters. The van der Waals surface area contributed by atoms with Crippen LogP contribution in [-0.2, 0) is 19.3 Å². The van der Waals surface area contributed by atoms with Gasteiger partial charge in [-0.2, -0.15) is 0 Å². The van der Waals surface area contributed by atoms with E-state index in [0.717, 1.165) is 25.7 Å². The van der Waals surface area contributed by atoms with E-state index in [1.807, 2.05) is 0 Å². The first-order valence-corrected chi connectivity index (χ1v) is 8.65. The Balaban J connectivity index is 1.49. The van der Waals surface area contributed by atoms with Crippen molar-refractivity contribution in [3.8, 4) is 0 Å². The molecular weight excluding hydrogens is 284 g/mol. The van der Waals surface area contributed by atoms with E-state index in [2.05, 4.69) is 51.7 Å². The van der Waals surface area contributed by atoms with E-state index in [9.17, 15) is 0 Å². The van der Waals surface area contributed by atoms with Crippen LogP contribution in [0.15, 0.2) is 41.4 Å². The van der Waals surface area contributed by atoms with Gasteiger partial charge in [-0.1, -0.05) is 12.2 Å². The van der Waals surface area contributed by atoms with Gasteiger partial charge in [0.05, 0.1) is 6.04 Å². The molecule has 5 rings (SSSR count). The maximum absolute atomic E-state index is 5.00. The molecule has 2 aromatic rings. The number of aliphatic imine (C=N–C) groups is 1. The van der Waals surface area contributed by atoms with Gasteiger partial charge < -0.3 is 15.3 Å². The van der Waals surface area contributed by atoms with Crippen LogP contribution in [0, 0.1) is 0 Å². The Hall–Kier alpha value is -2.07. The van der Waals surface area contributed by atoms with Crippen molar-refractivity contribution in [3.05, 3.63) is 59.2 Å². The largest absolute Gasteiger partial charge is 0.362 e. The zero-order valence-corrected chi connectivity index (χ0v) is 13.2. The van der Waals surface area contributed by atoms with Crippen LogP contribution in [0.25, 0.3) is 0 Å². The molecule has 0 amide bonds. The molecular formula is C19H22N4. The molecule has 0 spiro atoms. The lowest BCUT2D eigenvalue weighted by atomic mass is 10.1. The molecule has 0 saturated heterocycles. The summed E-state index contributed by atoms with van der Waals surface area (Å²) in [5.41, 5.74) is 6.49. The quantitative estimate of drug-likeness (QED) is 0.644. The van der Waals surface area contributed by atoms with E-state index >= 15 is 0 Å². The van der Waals surface area contributed by atoms with Gasteiger partial charge in [-0.3, -0.25) is 4.99 Å². The fourth-order valence-corrected chi connectivity index (χ4v) is 4.12. The molecule has 4 nitrogen and oxygen atoms in total. The van der Waals surface area contributed by atoms with Crippen molar-refractivity contribution < 1.29 is 0 Å². The molecule has 3 unspecified atom stereocenters. The van der Waals surface area contributed by atoms with Gasteiger partial charge in [0.2, 0.25) is 0 Å². The maximum atomic E-state index is 5.00. The van der Waals surface area contributed by atoms with Gasteiger partial charge in [-0.05, 0) is 37.1 Å². The Kier molecular flexibility index (Phi) is 3.05. The van der Waals surface area contributed by atoms with Crippen molar-refractivity contribution in [2.24, 2.45) is 4.99 Å². The molecule has 3 aliphatic rings. The van der Waals surface area contributed by atoms with Crippen molar-refractivity contribution in [1.82, 2.24) is 15.3 Å². The summed E-state index contributed by atoms with van der Waals surface area (Å²) in [6.07, 6.45) is 9.87. The first kappa shape index (κ1) is 13.4. The third kappa shape index (κ3) is 2.57. The van der Waals surface area contributed by atoms with Gasteiger partial charge in [-0.25, -0.2) is 0 Å². The number of hydrogen-bond donors (Lipinski definition) is 3. The Morgan fingerprint density at radius 1 is 0.870 bits per heavy atom. The van der Waals surface area contributed by atoms with Gasteiger partial charge in [-0.15, -0.1) is 0 Å². The summed E-state index contributed by atoms with van der Waals surface area (Å²) in [4.78, 5) is 12.1. The second-order valence-corrected chi connectivity index (χ2v) is 7.06. The fraction of sp³-hybridized carbons (Fsp3) is 0.421. The predicted octanol–water partition coefficient (Wildman–Crippen LogP) is 2.53. The van der Waals surface area contributed by atoms with Crippen molar-refractivity contribution in [3.63, 3.8) is 0 Å². The molecule has 23 heavy (non-hydrogen) atoms. The lowest BCUT2D eigenvalue weighted by Crippen LogP contribution is -2.38. The van der Waals surface area contributed by atoms with Crippen molar-refractivity contribution in [2.75, 3.05) is 0 Å². The van der Waals surface area contributed by atoms with Crippen LogP contribution < -0.4 is 5.32 Å². The number of H-pyrrole nitrogens is 2. The summed E-state index contributed by atoms with van der Waals surface area (Å²) in [5, 5.41) is 3.74. The Labute approximate surface area is 136 Å². The van der Waals surface area contributed by atoms with Gasteiger partial charge >= 0.3 is 0 Å². The highest BCUT2D eigenvalue weighted by atomic mass is 15.0. The van der Waals surface area contributed by atoms with Crippen LogP contribution >= 0.6 is 0 Å². The summed E-state index contributed by atoms with van der Waals surface area (Å²) in [5.74, 6) is 0. The van der Waals surface area contributed by atoms with Gasteiger partial charge in [0, 0.05) is 59.8 Å². The Bertz CT molecular complexity index is 779. The first-order chi connectivity index (χ1) is 11.3. The molecule has 0 fully saturated rings. The molecule has 2 aromatic heterocycles. The summed E-state index contributed by atoms with van der Waals surface area (Å²) < 4.78 is 0. The number of rotatable bonds is 0. The first-order valence-electron chi connectivity index (χ1n) is 8.65. The van der Waals surface area contributed by atoms with E-state index in [0.29, 0.717) is 18.1 Å². The fourth-order valence-electron chi connectivity index (χ4n) is 4.12. The number of hydrogen-bond acceptors (Lipinski definition) is 2. The topological polar surface area (TPSA) is 56.0 Å². The lowest BCUT2D eigenvalue weighted by molar-refractivity contribution is 0.482. The monoisotopic (exact) mass is 306 g/mol. The highest BCUT2D eigenvalue weighted by molar-refractivity contribution is 5.88. The number of aromatic amines is 2. The number of nitrogens with zero attached hydrogens (tertiary/aromatic N) is 1. The second-order valence-electron chi connectivity index (χ2n) is 7.06. The average Bonchev–Trinajstić information content (AvgIpc) is 3.28. The third-order valence-corrected chi connectivity index (χ3v) is 5.28. The highest BCUT2D eigenvalue weighted by Gasteiger charge is 2.29. The van der Waals surface area contributed by atoms with E-state index in [-0.39, 0.29) is 0 Å². The molecule has 0 saturated carbocycles. The van der Waals surface area contributed by atoms with Crippen LogP contribution in [0.5, 0.6) is 0 Å². The zero-order chi connectivity index (χ0) is 15.2. The summed E-state index contributed by atoms with van der Waals surface area (Å²) in [6, 6.07) is 10.1. The van der Waals surface area contributed by atoms with Gasteiger partial charge in [0.25, 0.3) is 0 Å². The molecule has 5 heterocycles. The molecule has 4 heteroatoms. The third-order valence-electron chi connectivity index (χ3n) is 5.28. The van der Waals surface area contributed by atoms with Crippen LogP contribution in [0.2, 0.25) is 0 Å². The molecule has 118 valence electrons. The van der Waals surface area contributed by atoms with Crippen molar-refractivity contribution in [1.29, 1.82) is 0 Å². The SMILES string of the molecule is C1=CC2NC1Cc1ccc([nH]1)Cc1ccc([nH]1)CC1=NC2CC1. The molecule has 8 bridgehead atoms. The Morgan fingerprint density at radius 3 is 2.48 bits per heavy atom. The van der Waals surface area contributed by atoms with Crippen molar-refractivity contribution >= 4 is 5.71 Å². The average molecular weight is 306 g/mol. The summed E-state index contributed by atoms with van der Waals surface area (Å²) >= 11 is 0. The number of aromatic nitrogens is 2. The minimum atomic E-state index is 0.399. The van der Waals surface area contributed by atoms with Crippen LogP contribution in [0.3, 0.4) is 0 Å². The number of fused-ring (bicyclic) bond motifs is 8. The molecule has 0 aromatic carbocycles. The second kappa shape index (κ2) is 5.24. The van der Waals surface area contributed by atoms with Gasteiger partial charge in [0.1, 0.15) is 0 Å². The number of nitrogens with one attached hydrogen (secondary N) is 3. The van der Waals surface area contributed by atoms with E-state index in [1.54, 1.807) is 0 Å².